The molecule has 0 amide bonds. The minimum absolute atomic E-state index is 0. The zero-order valence-corrected chi connectivity index (χ0v) is 14.4. The standard InChI is InChI=1S/C12H22N4S.HI/c1-4-16(3)7-6-14-12(13-2)15-9-11-5-8-17-10-11;/h5,8,10H,4,6-7,9H2,1-3H3,(H2,13,14,15);1H. The lowest BCUT2D eigenvalue weighted by Gasteiger charge is -2.16. The van der Waals surface area contributed by atoms with Crippen molar-refractivity contribution >= 4 is 41.3 Å². The van der Waals surface area contributed by atoms with E-state index in [9.17, 15) is 0 Å². The SMILES string of the molecule is CCN(C)CCNC(=NC)NCc1ccsc1.I. The summed E-state index contributed by atoms with van der Waals surface area (Å²) in [7, 11) is 3.91. The number of thiophene rings is 1. The van der Waals surface area contributed by atoms with E-state index in [1.54, 1.807) is 18.4 Å². The Morgan fingerprint density at radius 1 is 1.44 bits per heavy atom. The van der Waals surface area contributed by atoms with E-state index in [2.05, 4.69) is 51.3 Å². The third-order valence-corrected chi connectivity index (χ3v) is 3.32. The molecule has 6 heteroatoms. The van der Waals surface area contributed by atoms with Gasteiger partial charge in [-0.15, -0.1) is 24.0 Å². The maximum atomic E-state index is 4.19. The third-order valence-electron chi connectivity index (χ3n) is 2.59. The van der Waals surface area contributed by atoms with Crippen molar-refractivity contribution in [1.29, 1.82) is 0 Å². The Bertz CT molecular complexity index is 327. The van der Waals surface area contributed by atoms with Gasteiger partial charge in [-0.05, 0) is 36.0 Å². The van der Waals surface area contributed by atoms with Gasteiger partial charge in [0.25, 0.3) is 0 Å². The van der Waals surface area contributed by atoms with E-state index in [-0.39, 0.29) is 24.0 Å². The van der Waals surface area contributed by atoms with Gasteiger partial charge < -0.3 is 15.5 Å². The summed E-state index contributed by atoms with van der Waals surface area (Å²) in [6, 6.07) is 2.12. The van der Waals surface area contributed by atoms with E-state index < -0.39 is 0 Å². The summed E-state index contributed by atoms with van der Waals surface area (Å²) in [5.74, 6) is 0.862. The molecule has 0 unspecified atom stereocenters. The molecule has 0 fully saturated rings. The van der Waals surface area contributed by atoms with Crippen LogP contribution in [0.5, 0.6) is 0 Å². The molecule has 104 valence electrons. The molecule has 0 bridgehead atoms. The molecule has 0 aliphatic rings. The smallest absolute Gasteiger partial charge is 0.191 e. The lowest BCUT2D eigenvalue weighted by molar-refractivity contribution is 0.357. The molecule has 1 rings (SSSR count). The van der Waals surface area contributed by atoms with Crippen LogP contribution in [-0.4, -0.2) is 44.6 Å². The first-order valence-corrected chi connectivity index (χ1v) is 6.84. The minimum atomic E-state index is 0. The van der Waals surface area contributed by atoms with Gasteiger partial charge in [-0.25, -0.2) is 0 Å². The van der Waals surface area contributed by atoms with Crippen LogP contribution in [-0.2, 0) is 6.54 Å². The molecular formula is C12H23IN4S. The minimum Gasteiger partial charge on any atom is -0.355 e. The maximum Gasteiger partial charge on any atom is 0.191 e. The Kier molecular flexibility index (Phi) is 10.4. The highest BCUT2D eigenvalue weighted by atomic mass is 127. The summed E-state index contributed by atoms with van der Waals surface area (Å²) in [6.45, 7) is 5.99. The van der Waals surface area contributed by atoms with Crippen LogP contribution in [0, 0.1) is 0 Å². The van der Waals surface area contributed by atoms with Crippen molar-refractivity contribution in [2.24, 2.45) is 4.99 Å². The number of hydrogen-bond donors (Lipinski definition) is 2. The summed E-state index contributed by atoms with van der Waals surface area (Å²) >= 11 is 1.72. The number of guanidine groups is 1. The molecule has 0 radical (unpaired) electrons. The number of hydrogen-bond acceptors (Lipinski definition) is 3. The number of rotatable bonds is 6. The highest BCUT2D eigenvalue weighted by Crippen LogP contribution is 2.04. The molecule has 0 aliphatic heterocycles. The predicted octanol–water partition coefficient (Wildman–Crippen LogP) is 1.98. The second-order valence-corrected chi connectivity index (χ2v) is 4.66. The summed E-state index contributed by atoms with van der Waals surface area (Å²) in [5, 5.41) is 10.8. The molecule has 0 spiro atoms. The van der Waals surface area contributed by atoms with Gasteiger partial charge in [-0.1, -0.05) is 6.92 Å². The third kappa shape index (κ3) is 7.17. The van der Waals surface area contributed by atoms with E-state index in [0.29, 0.717) is 0 Å². The molecular weight excluding hydrogens is 359 g/mol. The Morgan fingerprint density at radius 3 is 2.78 bits per heavy atom. The normalized spacial score (nSPS) is 11.2. The van der Waals surface area contributed by atoms with Crippen LogP contribution in [0.4, 0.5) is 0 Å². The van der Waals surface area contributed by atoms with Crippen molar-refractivity contribution in [1.82, 2.24) is 15.5 Å². The van der Waals surface area contributed by atoms with Crippen LogP contribution in [0.15, 0.2) is 21.8 Å². The topological polar surface area (TPSA) is 39.7 Å². The van der Waals surface area contributed by atoms with Gasteiger partial charge in [0.05, 0.1) is 0 Å². The van der Waals surface area contributed by atoms with Gasteiger partial charge in [0, 0.05) is 26.7 Å². The fraction of sp³-hybridized carbons (Fsp3) is 0.583. The molecule has 0 atom stereocenters. The summed E-state index contributed by atoms with van der Waals surface area (Å²) in [6.07, 6.45) is 0. The highest BCUT2D eigenvalue weighted by Gasteiger charge is 1.99. The molecule has 1 heterocycles. The lowest BCUT2D eigenvalue weighted by Crippen LogP contribution is -2.40. The number of aliphatic imine (C=N–C) groups is 1. The number of halogens is 1. The Hall–Kier alpha value is -0.340. The fourth-order valence-corrected chi connectivity index (χ4v) is 1.99. The average Bonchev–Trinajstić information content (AvgIpc) is 2.86. The van der Waals surface area contributed by atoms with Gasteiger partial charge in [0.2, 0.25) is 0 Å². The van der Waals surface area contributed by atoms with Gasteiger partial charge in [-0.3, -0.25) is 4.99 Å². The van der Waals surface area contributed by atoms with E-state index in [0.717, 1.165) is 32.1 Å². The number of nitrogens with one attached hydrogen (secondary N) is 2. The largest absolute Gasteiger partial charge is 0.355 e. The molecule has 0 aromatic carbocycles. The Labute approximate surface area is 131 Å². The second kappa shape index (κ2) is 10.6. The Balaban J connectivity index is 0.00000289. The summed E-state index contributed by atoms with van der Waals surface area (Å²) in [4.78, 5) is 6.45. The second-order valence-electron chi connectivity index (χ2n) is 3.88. The van der Waals surface area contributed by atoms with Crippen LogP contribution in [0.2, 0.25) is 0 Å². The van der Waals surface area contributed by atoms with E-state index >= 15 is 0 Å². The van der Waals surface area contributed by atoms with Crippen LogP contribution >= 0.6 is 35.3 Å². The zero-order valence-electron chi connectivity index (χ0n) is 11.3. The highest BCUT2D eigenvalue weighted by molar-refractivity contribution is 14.0. The van der Waals surface area contributed by atoms with Crippen molar-refractivity contribution in [2.75, 3.05) is 33.7 Å². The summed E-state index contributed by atoms with van der Waals surface area (Å²) < 4.78 is 0. The van der Waals surface area contributed by atoms with Gasteiger partial charge in [-0.2, -0.15) is 11.3 Å². The number of nitrogens with zero attached hydrogens (tertiary/aromatic N) is 2. The van der Waals surface area contributed by atoms with Crippen molar-refractivity contribution in [3.8, 4) is 0 Å². The van der Waals surface area contributed by atoms with Crippen molar-refractivity contribution in [3.63, 3.8) is 0 Å². The molecule has 0 saturated heterocycles. The van der Waals surface area contributed by atoms with E-state index in [1.807, 2.05) is 0 Å². The van der Waals surface area contributed by atoms with Crippen LogP contribution < -0.4 is 10.6 Å². The molecule has 1 aromatic rings. The van der Waals surface area contributed by atoms with Crippen molar-refractivity contribution in [3.05, 3.63) is 22.4 Å². The fourth-order valence-electron chi connectivity index (χ4n) is 1.32. The maximum absolute atomic E-state index is 4.19. The average molecular weight is 382 g/mol. The van der Waals surface area contributed by atoms with E-state index in [4.69, 9.17) is 0 Å². The molecule has 2 N–H and O–H groups in total. The first kappa shape index (κ1) is 17.7. The Morgan fingerprint density at radius 2 is 2.22 bits per heavy atom. The summed E-state index contributed by atoms with van der Waals surface area (Å²) in [5.41, 5.74) is 1.30. The quantitative estimate of drug-likeness (QED) is 0.449. The molecule has 4 nitrogen and oxygen atoms in total. The molecule has 0 aliphatic carbocycles. The van der Waals surface area contributed by atoms with E-state index in [1.165, 1.54) is 5.56 Å². The first-order valence-electron chi connectivity index (χ1n) is 5.90. The lowest BCUT2D eigenvalue weighted by atomic mass is 10.3. The molecule has 0 saturated carbocycles. The van der Waals surface area contributed by atoms with Crippen LogP contribution in [0.25, 0.3) is 0 Å². The van der Waals surface area contributed by atoms with Crippen LogP contribution in [0.1, 0.15) is 12.5 Å². The monoisotopic (exact) mass is 382 g/mol. The van der Waals surface area contributed by atoms with Gasteiger partial charge in [0.15, 0.2) is 5.96 Å². The molecule has 1 aromatic heterocycles. The first-order chi connectivity index (χ1) is 8.26. The zero-order chi connectivity index (χ0) is 12.5. The van der Waals surface area contributed by atoms with Gasteiger partial charge >= 0.3 is 0 Å². The molecule has 18 heavy (non-hydrogen) atoms. The van der Waals surface area contributed by atoms with Crippen molar-refractivity contribution < 1.29 is 0 Å². The number of likely N-dealkylation sites (N-methyl/N-ethyl adjacent to an activating group) is 1. The van der Waals surface area contributed by atoms with Crippen molar-refractivity contribution in [2.45, 2.75) is 13.5 Å². The van der Waals surface area contributed by atoms with Gasteiger partial charge in [0.1, 0.15) is 0 Å². The van der Waals surface area contributed by atoms with Crippen LogP contribution in [0.3, 0.4) is 0 Å². The predicted molar refractivity (Wildman–Crippen MR) is 91.1 cm³/mol.